The molecule has 0 amide bonds. The van der Waals surface area contributed by atoms with E-state index in [0.717, 1.165) is 126 Å². The minimum atomic E-state index is -4.95. The summed E-state index contributed by atoms with van der Waals surface area (Å²) in [5.74, 6) is 0.884. The molecule has 0 radical (unpaired) electrons. The quantitative estimate of drug-likeness (QED) is 0.0222. The molecule has 0 aromatic heterocycles. The SMILES string of the molecule is CCC(C)CCCCCCCCC(=O)OC[C@H](COP(=O)(O)OC[C@H](O)COP(=O)(O)OC[C@@H](COC(=O)CCCCCCCCC(C)CC)OC(=O)CCCCCCCCCCCCCC(C)C)OC(=O)CCCCCCCCCCCCCCCC(C)C. The van der Waals surface area contributed by atoms with Gasteiger partial charge in [-0.05, 0) is 49.4 Å². The molecule has 0 aromatic rings. The van der Waals surface area contributed by atoms with Gasteiger partial charge in [0.25, 0.3) is 0 Å². The second-order valence-electron chi connectivity index (χ2n) is 27.1. The lowest BCUT2D eigenvalue weighted by atomic mass is 10.00. The third-order valence-corrected chi connectivity index (χ3v) is 18.9. The van der Waals surface area contributed by atoms with Crippen molar-refractivity contribution in [3.8, 4) is 0 Å². The zero-order chi connectivity index (χ0) is 66.8. The van der Waals surface area contributed by atoms with E-state index >= 15 is 0 Å². The minimum Gasteiger partial charge on any atom is -0.462 e. The largest absolute Gasteiger partial charge is 0.472 e. The van der Waals surface area contributed by atoms with Gasteiger partial charge in [-0.3, -0.25) is 37.3 Å². The number of esters is 4. The van der Waals surface area contributed by atoms with Gasteiger partial charge in [0.05, 0.1) is 26.4 Å². The van der Waals surface area contributed by atoms with Gasteiger partial charge in [0, 0.05) is 25.7 Å². The topological polar surface area (TPSA) is 237 Å². The molecule has 0 saturated heterocycles. The number of aliphatic hydroxyl groups is 1. The highest BCUT2D eigenvalue weighted by Gasteiger charge is 2.30. The fourth-order valence-corrected chi connectivity index (χ4v) is 12.2. The Morgan fingerprint density at radius 2 is 0.533 bits per heavy atom. The number of hydrogen-bond donors (Lipinski definition) is 3. The predicted octanol–water partition coefficient (Wildman–Crippen LogP) is 20.1. The number of rotatable bonds is 68. The Morgan fingerprint density at radius 3 is 0.789 bits per heavy atom. The molecule has 3 N–H and O–H groups in total. The summed E-state index contributed by atoms with van der Waals surface area (Å²) in [7, 11) is -9.90. The van der Waals surface area contributed by atoms with Crippen LogP contribution >= 0.6 is 15.6 Å². The molecule has 0 aromatic carbocycles. The van der Waals surface area contributed by atoms with Gasteiger partial charge in [-0.25, -0.2) is 9.13 Å². The summed E-state index contributed by atoms with van der Waals surface area (Å²) in [4.78, 5) is 72.6. The Bertz CT molecular complexity index is 1790. The molecule has 0 rings (SSSR count). The molecule has 0 fully saturated rings. The van der Waals surface area contributed by atoms with Gasteiger partial charge in [-0.2, -0.15) is 0 Å². The Labute approximate surface area is 549 Å². The lowest BCUT2D eigenvalue weighted by Gasteiger charge is -2.21. The van der Waals surface area contributed by atoms with Crippen LogP contribution in [0.2, 0.25) is 0 Å². The molecule has 4 unspecified atom stereocenters. The molecule has 0 heterocycles. The highest BCUT2D eigenvalue weighted by molar-refractivity contribution is 7.47. The molecule has 0 aliphatic rings. The number of ether oxygens (including phenoxy) is 4. The maximum absolute atomic E-state index is 13.0. The van der Waals surface area contributed by atoms with Gasteiger partial charge in [0.15, 0.2) is 12.2 Å². The average molecular weight is 1330 g/mol. The Kier molecular flexibility index (Phi) is 59.4. The van der Waals surface area contributed by atoms with E-state index in [4.69, 9.17) is 37.0 Å². The fourth-order valence-electron chi connectivity index (χ4n) is 10.6. The number of unbranched alkanes of at least 4 members (excludes halogenated alkanes) is 32. The number of phosphoric ester groups is 2. The summed E-state index contributed by atoms with van der Waals surface area (Å²) in [6, 6.07) is 0. The first-order valence-electron chi connectivity index (χ1n) is 36.8. The van der Waals surface area contributed by atoms with E-state index in [1.807, 2.05) is 0 Å². The zero-order valence-electron chi connectivity index (χ0n) is 58.8. The van der Waals surface area contributed by atoms with Gasteiger partial charge in [-0.15, -0.1) is 0 Å². The van der Waals surface area contributed by atoms with Crippen molar-refractivity contribution in [2.75, 3.05) is 39.6 Å². The van der Waals surface area contributed by atoms with Gasteiger partial charge in [-0.1, -0.05) is 299 Å². The fraction of sp³-hybridized carbons (Fsp3) is 0.944. The van der Waals surface area contributed by atoms with Crippen molar-refractivity contribution in [3.63, 3.8) is 0 Å². The maximum Gasteiger partial charge on any atom is 0.472 e. The van der Waals surface area contributed by atoms with Crippen molar-refractivity contribution in [1.82, 2.24) is 0 Å². The predicted molar refractivity (Wildman–Crippen MR) is 363 cm³/mol. The van der Waals surface area contributed by atoms with E-state index in [2.05, 4.69) is 55.4 Å². The standard InChI is InChI=1S/C71H138O17P2/c1-9-63(7)49-41-33-27-29-35-43-51-68(73)81-57-66(87-70(75)53-45-37-25-21-17-13-11-12-15-19-23-31-39-47-61(3)4)59-85-89(77,78)83-55-65(72)56-84-90(79,80)86-60-67(58-82-69(74)52-44-36-30-28-34-42-50-64(8)10-2)88-71(76)54-46-38-26-22-18-14-16-20-24-32-40-48-62(5)6/h61-67,72H,9-60H2,1-8H3,(H,77,78)(H,79,80)/t63?,64?,65-,66+,67+/m0/s1. The van der Waals surface area contributed by atoms with Gasteiger partial charge in [0.1, 0.15) is 19.3 Å². The number of aliphatic hydroxyl groups excluding tert-OH is 1. The molecular weight excluding hydrogens is 1190 g/mol. The van der Waals surface area contributed by atoms with Crippen molar-refractivity contribution in [1.29, 1.82) is 0 Å². The Hall–Kier alpha value is -1.94. The molecule has 0 bridgehead atoms. The highest BCUT2D eigenvalue weighted by Crippen LogP contribution is 2.45. The molecule has 0 aliphatic carbocycles. The summed E-state index contributed by atoms with van der Waals surface area (Å²) in [6.07, 6.45) is 43.1. The highest BCUT2D eigenvalue weighted by atomic mass is 31.2. The summed E-state index contributed by atoms with van der Waals surface area (Å²) in [6.45, 7) is 14.1. The zero-order valence-corrected chi connectivity index (χ0v) is 60.6. The monoisotopic (exact) mass is 1320 g/mol. The number of carbonyl (C=O) groups excluding carboxylic acids is 4. The van der Waals surface area contributed by atoms with Crippen molar-refractivity contribution >= 4 is 39.5 Å². The molecule has 0 aliphatic heterocycles. The molecule has 19 heteroatoms. The minimum absolute atomic E-state index is 0.105. The Balaban J connectivity index is 5.25. The summed E-state index contributed by atoms with van der Waals surface area (Å²) in [5.41, 5.74) is 0. The molecule has 0 spiro atoms. The van der Waals surface area contributed by atoms with E-state index in [1.165, 1.54) is 141 Å². The van der Waals surface area contributed by atoms with Crippen molar-refractivity contribution < 1.29 is 80.2 Å². The second-order valence-corrected chi connectivity index (χ2v) is 30.0. The first kappa shape index (κ1) is 88.1. The van der Waals surface area contributed by atoms with Gasteiger partial charge >= 0.3 is 39.5 Å². The smallest absolute Gasteiger partial charge is 0.462 e. The molecule has 90 heavy (non-hydrogen) atoms. The molecule has 0 saturated carbocycles. The molecule has 17 nitrogen and oxygen atoms in total. The van der Waals surface area contributed by atoms with Crippen LogP contribution < -0.4 is 0 Å². The van der Waals surface area contributed by atoms with E-state index in [1.54, 1.807) is 0 Å². The van der Waals surface area contributed by atoms with Crippen LogP contribution in [0.3, 0.4) is 0 Å². The van der Waals surface area contributed by atoms with Gasteiger partial charge < -0.3 is 33.8 Å². The molecule has 534 valence electrons. The molecular formula is C71H138O17P2. The number of phosphoric acid groups is 2. The van der Waals surface area contributed by atoms with Crippen LogP contribution in [0.25, 0.3) is 0 Å². The van der Waals surface area contributed by atoms with E-state index < -0.39 is 97.5 Å². The second kappa shape index (κ2) is 60.7. The summed E-state index contributed by atoms with van der Waals surface area (Å²) >= 11 is 0. The Morgan fingerprint density at radius 1 is 0.311 bits per heavy atom. The first-order chi connectivity index (χ1) is 43.2. The van der Waals surface area contributed by atoms with E-state index in [0.29, 0.717) is 25.7 Å². The van der Waals surface area contributed by atoms with Crippen LogP contribution in [0.1, 0.15) is 351 Å². The van der Waals surface area contributed by atoms with Crippen LogP contribution in [0.4, 0.5) is 0 Å². The van der Waals surface area contributed by atoms with Crippen molar-refractivity contribution in [2.24, 2.45) is 23.7 Å². The lowest BCUT2D eigenvalue weighted by molar-refractivity contribution is -0.161. The molecule has 7 atom stereocenters. The van der Waals surface area contributed by atoms with Crippen LogP contribution in [0, 0.1) is 23.7 Å². The third-order valence-electron chi connectivity index (χ3n) is 17.0. The maximum atomic E-state index is 13.0. The van der Waals surface area contributed by atoms with Crippen LogP contribution in [-0.2, 0) is 65.4 Å². The number of hydrogen-bond acceptors (Lipinski definition) is 15. The van der Waals surface area contributed by atoms with Crippen LogP contribution in [0.5, 0.6) is 0 Å². The average Bonchev–Trinajstić information content (AvgIpc) is 3.00. The first-order valence-corrected chi connectivity index (χ1v) is 39.8. The third kappa shape index (κ3) is 62.2. The van der Waals surface area contributed by atoms with Gasteiger partial charge in [0.2, 0.25) is 0 Å². The number of carbonyl (C=O) groups is 4. The van der Waals surface area contributed by atoms with Crippen LogP contribution in [0.15, 0.2) is 0 Å². The summed E-state index contributed by atoms with van der Waals surface area (Å²) in [5, 5.41) is 10.6. The van der Waals surface area contributed by atoms with Crippen molar-refractivity contribution in [3.05, 3.63) is 0 Å². The normalized spacial score (nSPS) is 14.9. The lowest BCUT2D eigenvalue weighted by Crippen LogP contribution is -2.30. The van der Waals surface area contributed by atoms with E-state index in [9.17, 15) is 43.2 Å². The van der Waals surface area contributed by atoms with Crippen LogP contribution in [-0.4, -0.2) is 96.7 Å². The van der Waals surface area contributed by atoms with Crippen molar-refractivity contribution in [2.45, 2.75) is 369 Å². The van der Waals surface area contributed by atoms with E-state index in [-0.39, 0.29) is 25.7 Å². The summed E-state index contributed by atoms with van der Waals surface area (Å²) < 4.78 is 68.3.